The van der Waals surface area contributed by atoms with Gasteiger partial charge in [0.15, 0.2) is 0 Å². The Morgan fingerprint density at radius 1 is 1.24 bits per heavy atom. The molecule has 0 aliphatic heterocycles. The van der Waals surface area contributed by atoms with E-state index in [2.05, 4.69) is 10.3 Å². The molecule has 1 aromatic heterocycles. The van der Waals surface area contributed by atoms with Crippen LogP contribution in [0.1, 0.15) is 6.92 Å². The number of carbonyl (C=O) groups is 1. The number of amides is 1. The molecule has 6 heteroatoms. The number of anilines is 1. The van der Waals surface area contributed by atoms with Gasteiger partial charge in [-0.05, 0) is 49.6 Å². The molecule has 1 unspecified atom stereocenters. The number of hydrogen-bond donors (Lipinski definition) is 1. The van der Waals surface area contributed by atoms with Crippen molar-refractivity contribution in [3.63, 3.8) is 0 Å². The SMILES string of the molecule is CSc1ccc(NC(=O)C(C)Sc2ccc(Cl)cc2)cn1. The molecule has 2 aromatic rings. The van der Waals surface area contributed by atoms with Crippen molar-refractivity contribution < 1.29 is 4.79 Å². The monoisotopic (exact) mass is 338 g/mol. The van der Waals surface area contributed by atoms with Gasteiger partial charge in [-0.1, -0.05) is 11.6 Å². The molecule has 1 amide bonds. The molecule has 0 bridgehead atoms. The first kappa shape index (κ1) is 16.2. The third kappa shape index (κ3) is 4.95. The van der Waals surface area contributed by atoms with E-state index in [0.29, 0.717) is 10.7 Å². The summed E-state index contributed by atoms with van der Waals surface area (Å²) in [6.45, 7) is 1.87. The number of carbonyl (C=O) groups excluding carboxylic acids is 1. The zero-order valence-electron chi connectivity index (χ0n) is 11.7. The molecule has 110 valence electrons. The van der Waals surface area contributed by atoms with E-state index in [1.165, 1.54) is 11.8 Å². The van der Waals surface area contributed by atoms with Gasteiger partial charge in [0.2, 0.25) is 5.91 Å². The maximum Gasteiger partial charge on any atom is 0.237 e. The normalized spacial score (nSPS) is 12.0. The van der Waals surface area contributed by atoms with Crippen LogP contribution in [0.3, 0.4) is 0 Å². The van der Waals surface area contributed by atoms with Gasteiger partial charge in [-0.25, -0.2) is 4.98 Å². The molecular weight excluding hydrogens is 324 g/mol. The molecule has 0 saturated heterocycles. The van der Waals surface area contributed by atoms with Crippen LogP contribution in [0.15, 0.2) is 52.5 Å². The van der Waals surface area contributed by atoms with Crippen molar-refractivity contribution in [3.8, 4) is 0 Å². The van der Waals surface area contributed by atoms with Gasteiger partial charge in [-0.2, -0.15) is 0 Å². The van der Waals surface area contributed by atoms with Crippen molar-refractivity contribution in [2.45, 2.75) is 22.1 Å². The lowest BCUT2D eigenvalue weighted by atomic mass is 10.4. The minimum absolute atomic E-state index is 0.0475. The zero-order chi connectivity index (χ0) is 15.2. The van der Waals surface area contributed by atoms with E-state index >= 15 is 0 Å². The van der Waals surface area contributed by atoms with Crippen molar-refractivity contribution >= 4 is 46.7 Å². The van der Waals surface area contributed by atoms with Crippen LogP contribution in [0.2, 0.25) is 5.02 Å². The van der Waals surface area contributed by atoms with Gasteiger partial charge in [0.05, 0.1) is 22.2 Å². The summed E-state index contributed by atoms with van der Waals surface area (Å²) < 4.78 is 0. The maximum atomic E-state index is 12.1. The topological polar surface area (TPSA) is 42.0 Å². The molecule has 0 fully saturated rings. The summed E-state index contributed by atoms with van der Waals surface area (Å²) in [7, 11) is 0. The number of aromatic nitrogens is 1. The van der Waals surface area contributed by atoms with E-state index in [1.54, 1.807) is 18.0 Å². The standard InChI is InChI=1S/C15H15ClN2OS2/c1-10(21-13-6-3-11(16)4-7-13)15(19)18-12-5-8-14(20-2)17-9-12/h3-10H,1-2H3,(H,18,19). The van der Waals surface area contributed by atoms with Crippen LogP contribution in [-0.2, 0) is 4.79 Å². The van der Waals surface area contributed by atoms with Crippen LogP contribution < -0.4 is 5.32 Å². The van der Waals surface area contributed by atoms with Crippen molar-refractivity contribution in [2.24, 2.45) is 0 Å². The molecular formula is C15H15ClN2OS2. The van der Waals surface area contributed by atoms with Crippen LogP contribution in [0, 0.1) is 0 Å². The first-order valence-corrected chi connectivity index (χ1v) is 8.80. The highest BCUT2D eigenvalue weighted by molar-refractivity contribution is 8.00. The number of hydrogen-bond acceptors (Lipinski definition) is 4. The lowest BCUT2D eigenvalue weighted by molar-refractivity contribution is -0.115. The number of rotatable bonds is 5. The second-order valence-electron chi connectivity index (χ2n) is 4.29. The summed E-state index contributed by atoms with van der Waals surface area (Å²) >= 11 is 8.90. The first-order valence-electron chi connectivity index (χ1n) is 6.31. The number of thioether (sulfide) groups is 2. The van der Waals surface area contributed by atoms with Crippen molar-refractivity contribution in [1.82, 2.24) is 4.98 Å². The van der Waals surface area contributed by atoms with E-state index in [4.69, 9.17) is 11.6 Å². The number of pyridine rings is 1. The van der Waals surface area contributed by atoms with Crippen LogP contribution in [0.25, 0.3) is 0 Å². The predicted molar refractivity (Wildman–Crippen MR) is 91.4 cm³/mol. The van der Waals surface area contributed by atoms with Gasteiger partial charge >= 0.3 is 0 Å². The minimum atomic E-state index is -0.202. The van der Waals surface area contributed by atoms with E-state index in [9.17, 15) is 4.79 Å². The summed E-state index contributed by atoms with van der Waals surface area (Å²) in [6, 6.07) is 11.2. The molecule has 3 nitrogen and oxygen atoms in total. The van der Waals surface area contributed by atoms with Gasteiger partial charge in [-0.3, -0.25) is 4.79 Å². The van der Waals surface area contributed by atoms with Crippen LogP contribution in [-0.4, -0.2) is 22.4 Å². The Balaban J connectivity index is 1.93. The first-order chi connectivity index (χ1) is 10.1. The summed E-state index contributed by atoms with van der Waals surface area (Å²) in [6.07, 6.45) is 3.63. The Kier molecular flexibility index (Phi) is 5.96. The number of nitrogens with one attached hydrogen (secondary N) is 1. The minimum Gasteiger partial charge on any atom is -0.324 e. The predicted octanol–water partition coefficient (Wildman–Crippen LogP) is 4.58. The Morgan fingerprint density at radius 3 is 2.52 bits per heavy atom. The molecule has 1 N–H and O–H groups in total. The van der Waals surface area contributed by atoms with E-state index < -0.39 is 0 Å². The fraction of sp³-hybridized carbons (Fsp3) is 0.200. The lowest BCUT2D eigenvalue weighted by Crippen LogP contribution is -2.22. The Hall–Kier alpha value is -1.17. The number of halogens is 1. The molecule has 1 atom stereocenters. The van der Waals surface area contributed by atoms with Gasteiger partial charge < -0.3 is 5.32 Å². The third-order valence-corrected chi connectivity index (χ3v) is 4.73. The van der Waals surface area contributed by atoms with Crippen molar-refractivity contribution in [1.29, 1.82) is 0 Å². The molecule has 0 spiro atoms. The highest BCUT2D eigenvalue weighted by atomic mass is 35.5. The molecule has 0 radical (unpaired) electrons. The Labute approximate surface area is 137 Å². The third-order valence-electron chi connectivity index (χ3n) is 2.71. The fourth-order valence-electron chi connectivity index (χ4n) is 1.59. The lowest BCUT2D eigenvalue weighted by Gasteiger charge is -2.12. The summed E-state index contributed by atoms with van der Waals surface area (Å²) in [5.74, 6) is -0.0475. The molecule has 2 rings (SSSR count). The highest BCUT2D eigenvalue weighted by Crippen LogP contribution is 2.25. The molecule has 1 aromatic carbocycles. The Morgan fingerprint density at radius 2 is 1.95 bits per heavy atom. The fourth-order valence-corrected chi connectivity index (χ4v) is 2.95. The Bertz CT molecular complexity index is 602. The van der Waals surface area contributed by atoms with Crippen molar-refractivity contribution in [3.05, 3.63) is 47.6 Å². The summed E-state index contributed by atoms with van der Waals surface area (Å²) in [5.41, 5.74) is 0.710. The molecule has 0 saturated carbocycles. The average Bonchev–Trinajstić information content (AvgIpc) is 2.50. The van der Waals surface area contributed by atoms with Crippen LogP contribution >= 0.6 is 35.1 Å². The molecule has 21 heavy (non-hydrogen) atoms. The van der Waals surface area contributed by atoms with Gasteiger partial charge in [0.25, 0.3) is 0 Å². The number of benzene rings is 1. The van der Waals surface area contributed by atoms with E-state index in [-0.39, 0.29) is 11.2 Å². The largest absolute Gasteiger partial charge is 0.324 e. The highest BCUT2D eigenvalue weighted by Gasteiger charge is 2.14. The average molecular weight is 339 g/mol. The van der Waals surface area contributed by atoms with Gasteiger partial charge in [-0.15, -0.1) is 23.5 Å². The molecule has 0 aliphatic rings. The van der Waals surface area contributed by atoms with E-state index in [0.717, 1.165) is 9.92 Å². The van der Waals surface area contributed by atoms with E-state index in [1.807, 2.05) is 49.6 Å². The van der Waals surface area contributed by atoms with Crippen molar-refractivity contribution in [2.75, 3.05) is 11.6 Å². The molecule has 0 aliphatic carbocycles. The second kappa shape index (κ2) is 7.73. The summed E-state index contributed by atoms with van der Waals surface area (Å²) in [4.78, 5) is 17.4. The second-order valence-corrected chi connectivity index (χ2v) is 6.97. The summed E-state index contributed by atoms with van der Waals surface area (Å²) in [5, 5.41) is 4.28. The maximum absolute atomic E-state index is 12.1. The van der Waals surface area contributed by atoms with Crippen LogP contribution in [0.4, 0.5) is 5.69 Å². The quantitative estimate of drug-likeness (QED) is 0.810. The van der Waals surface area contributed by atoms with Gasteiger partial charge in [0, 0.05) is 9.92 Å². The van der Waals surface area contributed by atoms with Gasteiger partial charge in [0.1, 0.15) is 0 Å². The molecule has 1 heterocycles. The van der Waals surface area contributed by atoms with Crippen LogP contribution in [0.5, 0.6) is 0 Å². The smallest absolute Gasteiger partial charge is 0.237 e. The number of nitrogens with zero attached hydrogens (tertiary/aromatic N) is 1. The zero-order valence-corrected chi connectivity index (χ0v) is 14.1.